The van der Waals surface area contributed by atoms with Crippen molar-refractivity contribution in [3.05, 3.63) is 11.8 Å². The van der Waals surface area contributed by atoms with Crippen molar-refractivity contribution in [2.24, 2.45) is 0 Å². The lowest BCUT2D eigenvalue weighted by Crippen LogP contribution is -2.39. The Morgan fingerprint density at radius 1 is 1.56 bits per heavy atom. The molecule has 1 aromatic heterocycles. The van der Waals surface area contributed by atoms with Crippen LogP contribution in [0.5, 0.6) is 0 Å². The zero-order valence-electron chi connectivity index (χ0n) is 9.91. The highest BCUT2D eigenvalue weighted by atomic mass is 16.6. The SMILES string of the molecule is CC(C)(C)OC(=O)N1CCCc2cn[nH]c21. The first kappa shape index (κ1) is 11.0. The van der Waals surface area contributed by atoms with E-state index in [4.69, 9.17) is 4.74 Å². The minimum absolute atomic E-state index is 0.308. The zero-order chi connectivity index (χ0) is 11.8. The van der Waals surface area contributed by atoms with Crippen molar-refractivity contribution < 1.29 is 9.53 Å². The predicted octanol–water partition coefficient (Wildman–Crippen LogP) is 2.10. The summed E-state index contributed by atoms with van der Waals surface area (Å²) in [6.07, 6.45) is 3.38. The quantitative estimate of drug-likeness (QED) is 0.732. The lowest BCUT2D eigenvalue weighted by Gasteiger charge is -2.29. The number of hydrogen-bond acceptors (Lipinski definition) is 3. The highest BCUT2D eigenvalue weighted by Crippen LogP contribution is 2.25. The molecule has 0 bridgehead atoms. The molecule has 88 valence electrons. The second-order valence-electron chi connectivity index (χ2n) is 4.98. The van der Waals surface area contributed by atoms with E-state index in [9.17, 15) is 4.79 Å². The maximum atomic E-state index is 11.9. The maximum Gasteiger partial charge on any atom is 0.415 e. The zero-order valence-corrected chi connectivity index (χ0v) is 9.91. The van der Waals surface area contributed by atoms with Gasteiger partial charge in [-0.2, -0.15) is 5.10 Å². The summed E-state index contributed by atoms with van der Waals surface area (Å²) in [6.45, 7) is 6.28. The summed E-state index contributed by atoms with van der Waals surface area (Å²) in [4.78, 5) is 13.6. The Morgan fingerprint density at radius 3 is 3.00 bits per heavy atom. The highest BCUT2D eigenvalue weighted by molar-refractivity contribution is 5.87. The number of fused-ring (bicyclic) bond motifs is 1. The molecule has 0 saturated heterocycles. The minimum atomic E-state index is -0.464. The summed E-state index contributed by atoms with van der Waals surface area (Å²) in [5.41, 5.74) is 0.617. The number of nitrogens with zero attached hydrogens (tertiary/aromatic N) is 2. The number of nitrogens with one attached hydrogen (secondary N) is 1. The van der Waals surface area contributed by atoms with Crippen molar-refractivity contribution in [3.8, 4) is 0 Å². The first-order chi connectivity index (χ1) is 7.47. The summed E-state index contributed by atoms with van der Waals surface area (Å²) in [7, 11) is 0. The normalized spacial score (nSPS) is 15.8. The molecule has 2 rings (SSSR count). The predicted molar refractivity (Wildman–Crippen MR) is 60.5 cm³/mol. The smallest absolute Gasteiger partial charge is 0.415 e. The lowest BCUT2D eigenvalue weighted by molar-refractivity contribution is 0.0576. The van der Waals surface area contributed by atoms with E-state index < -0.39 is 5.60 Å². The highest BCUT2D eigenvalue weighted by Gasteiger charge is 2.28. The molecule has 2 heterocycles. The number of amides is 1. The molecule has 0 spiro atoms. The van der Waals surface area contributed by atoms with E-state index in [0.29, 0.717) is 6.54 Å². The number of carbonyl (C=O) groups excluding carboxylic acids is 1. The molecule has 1 aliphatic rings. The Morgan fingerprint density at radius 2 is 2.31 bits per heavy atom. The van der Waals surface area contributed by atoms with Crippen LogP contribution >= 0.6 is 0 Å². The number of rotatable bonds is 0. The molecule has 1 aromatic rings. The van der Waals surface area contributed by atoms with E-state index in [2.05, 4.69) is 10.2 Å². The average Bonchev–Trinajstić information content (AvgIpc) is 2.61. The van der Waals surface area contributed by atoms with E-state index in [1.807, 2.05) is 20.8 Å². The van der Waals surface area contributed by atoms with Crippen LogP contribution in [-0.2, 0) is 11.2 Å². The van der Waals surface area contributed by atoms with Gasteiger partial charge in [0.25, 0.3) is 0 Å². The van der Waals surface area contributed by atoms with Crippen LogP contribution in [0.2, 0.25) is 0 Å². The third kappa shape index (κ3) is 2.18. The van der Waals surface area contributed by atoms with Crippen LogP contribution < -0.4 is 4.90 Å². The number of H-pyrrole nitrogens is 1. The number of carbonyl (C=O) groups is 1. The van der Waals surface area contributed by atoms with Gasteiger partial charge in [0.15, 0.2) is 0 Å². The maximum absolute atomic E-state index is 11.9. The number of anilines is 1. The second-order valence-corrected chi connectivity index (χ2v) is 4.98. The van der Waals surface area contributed by atoms with Crippen molar-refractivity contribution >= 4 is 11.9 Å². The van der Waals surface area contributed by atoms with Gasteiger partial charge in [-0.15, -0.1) is 0 Å². The van der Waals surface area contributed by atoms with Gasteiger partial charge in [-0.25, -0.2) is 4.79 Å². The van der Waals surface area contributed by atoms with Gasteiger partial charge in [-0.1, -0.05) is 0 Å². The van der Waals surface area contributed by atoms with Gasteiger partial charge in [-0.3, -0.25) is 10.00 Å². The number of aromatic amines is 1. The number of aryl methyl sites for hydroxylation is 1. The molecule has 5 nitrogen and oxygen atoms in total. The Bertz CT molecular complexity index is 392. The average molecular weight is 223 g/mol. The summed E-state index contributed by atoms with van der Waals surface area (Å²) in [5, 5.41) is 6.81. The fourth-order valence-electron chi connectivity index (χ4n) is 1.76. The molecule has 1 N–H and O–H groups in total. The Balaban J connectivity index is 2.15. The molecule has 1 amide bonds. The van der Waals surface area contributed by atoms with Gasteiger partial charge in [-0.05, 0) is 33.6 Å². The van der Waals surface area contributed by atoms with Crippen molar-refractivity contribution in [1.29, 1.82) is 0 Å². The van der Waals surface area contributed by atoms with E-state index in [1.54, 1.807) is 11.1 Å². The van der Waals surface area contributed by atoms with Gasteiger partial charge in [0.1, 0.15) is 11.4 Å². The molecule has 0 unspecified atom stereocenters. The summed E-state index contributed by atoms with van der Waals surface area (Å²) in [5.74, 6) is 0.778. The summed E-state index contributed by atoms with van der Waals surface area (Å²) in [6, 6.07) is 0. The fourth-order valence-corrected chi connectivity index (χ4v) is 1.76. The molecular formula is C11H17N3O2. The third-order valence-corrected chi connectivity index (χ3v) is 2.41. The number of ether oxygens (including phenoxy) is 1. The molecule has 5 heteroatoms. The lowest BCUT2D eigenvalue weighted by atomic mass is 10.1. The van der Waals surface area contributed by atoms with Crippen LogP contribution in [0.25, 0.3) is 0 Å². The molecule has 0 atom stereocenters. The Hall–Kier alpha value is -1.52. The van der Waals surface area contributed by atoms with E-state index in [0.717, 1.165) is 24.2 Å². The Labute approximate surface area is 94.8 Å². The molecule has 1 aliphatic heterocycles. The summed E-state index contributed by atoms with van der Waals surface area (Å²) < 4.78 is 5.34. The van der Waals surface area contributed by atoms with Crippen LogP contribution in [0, 0.1) is 0 Å². The molecular weight excluding hydrogens is 206 g/mol. The molecule has 0 radical (unpaired) electrons. The standard InChI is InChI=1S/C11H17N3O2/c1-11(2,3)16-10(15)14-6-4-5-8-7-12-13-9(8)14/h7H,4-6H2,1-3H3,(H,12,13). The van der Waals surface area contributed by atoms with E-state index in [1.165, 1.54) is 0 Å². The molecule has 0 aromatic carbocycles. The first-order valence-corrected chi connectivity index (χ1v) is 5.50. The number of aromatic nitrogens is 2. The van der Waals surface area contributed by atoms with Crippen LogP contribution in [-0.4, -0.2) is 28.4 Å². The van der Waals surface area contributed by atoms with Crippen molar-refractivity contribution in [2.45, 2.75) is 39.2 Å². The van der Waals surface area contributed by atoms with Crippen LogP contribution in [0.4, 0.5) is 10.6 Å². The second kappa shape index (κ2) is 3.81. The number of hydrogen-bond donors (Lipinski definition) is 1. The third-order valence-electron chi connectivity index (χ3n) is 2.41. The van der Waals surface area contributed by atoms with Crippen molar-refractivity contribution in [1.82, 2.24) is 10.2 Å². The molecule has 0 fully saturated rings. The largest absolute Gasteiger partial charge is 0.443 e. The van der Waals surface area contributed by atoms with Crippen LogP contribution in [0.15, 0.2) is 6.20 Å². The van der Waals surface area contributed by atoms with E-state index >= 15 is 0 Å². The first-order valence-electron chi connectivity index (χ1n) is 5.50. The topological polar surface area (TPSA) is 58.2 Å². The van der Waals surface area contributed by atoms with Gasteiger partial charge >= 0.3 is 6.09 Å². The van der Waals surface area contributed by atoms with E-state index in [-0.39, 0.29) is 6.09 Å². The van der Waals surface area contributed by atoms with Gasteiger partial charge in [0.05, 0.1) is 6.20 Å². The fraction of sp³-hybridized carbons (Fsp3) is 0.636. The van der Waals surface area contributed by atoms with Crippen LogP contribution in [0.1, 0.15) is 32.8 Å². The van der Waals surface area contributed by atoms with Gasteiger partial charge in [0.2, 0.25) is 0 Å². The van der Waals surface area contributed by atoms with Crippen molar-refractivity contribution in [2.75, 3.05) is 11.4 Å². The summed E-state index contributed by atoms with van der Waals surface area (Å²) >= 11 is 0. The van der Waals surface area contributed by atoms with Crippen LogP contribution in [0.3, 0.4) is 0 Å². The van der Waals surface area contributed by atoms with Gasteiger partial charge < -0.3 is 4.74 Å². The molecule has 0 aliphatic carbocycles. The minimum Gasteiger partial charge on any atom is -0.443 e. The Kier molecular flexibility index (Phi) is 2.61. The van der Waals surface area contributed by atoms with Crippen molar-refractivity contribution in [3.63, 3.8) is 0 Å². The van der Waals surface area contributed by atoms with Gasteiger partial charge in [0, 0.05) is 12.1 Å². The molecule has 16 heavy (non-hydrogen) atoms. The monoisotopic (exact) mass is 223 g/mol. The molecule has 0 saturated carbocycles.